The third kappa shape index (κ3) is 3.00. The van der Waals surface area contributed by atoms with Crippen molar-refractivity contribution >= 4 is 0 Å². The molecule has 4 atom stereocenters. The molecule has 1 fully saturated rings. The fraction of sp³-hybridized carbons (Fsp3) is 1.00. The summed E-state index contributed by atoms with van der Waals surface area (Å²) in [5, 5.41) is 0. The zero-order valence-electron chi connectivity index (χ0n) is 10.6. The minimum absolute atomic E-state index is 0.982. The summed E-state index contributed by atoms with van der Waals surface area (Å²) in [4.78, 5) is 0. The van der Waals surface area contributed by atoms with E-state index in [1.807, 2.05) is 0 Å². The van der Waals surface area contributed by atoms with Gasteiger partial charge in [-0.2, -0.15) is 0 Å². The molecule has 0 N–H and O–H groups in total. The molecule has 0 radical (unpaired) electrons. The van der Waals surface area contributed by atoms with Gasteiger partial charge in [-0.3, -0.25) is 0 Å². The van der Waals surface area contributed by atoms with Crippen LogP contribution < -0.4 is 0 Å². The van der Waals surface area contributed by atoms with Gasteiger partial charge < -0.3 is 0 Å². The van der Waals surface area contributed by atoms with Gasteiger partial charge in [0.15, 0.2) is 0 Å². The molecule has 1 rings (SSSR count). The van der Waals surface area contributed by atoms with Gasteiger partial charge in [0, 0.05) is 0 Å². The Morgan fingerprint density at radius 1 is 1.14 bits per heavy atom. The van der Waals surface area contributed by atoms with Gasteiger partial charge in [-0.15, -0.1) is 0 Å². The zero-order chi connectivity index (χ0) is 10.6. The van der Waals surface area contributed by atoms with Crippen molar-refractivity contribution in [1.82, 2.24) is 0 Å². The van der Waals surface area contributed by atoms with E-state index >= 15 is 0 Å². The molecular formula is C14H28. The van der Waals surface area contributed by atoms with E-state index in [1.165, 1.54) is 38.5 Å². The number of hydrogen-bond donors (Lipinski definition) is 0. The molecule has 1 aliphatic carbocycles. The maximum Gasteiger partial charge on any atom is -0.0360 e. The van der Waals surface area contributed by atoms with E-state index in [2.05, 4.69) is 27.7 Å². The topological polar surface area (TPSA) is 0 Å². The first-order chi connectivity index (χ1) is 6.69. The second-order valence-corrected chi connectivity index (χ2v) is 5.52. The van der Waals surface area contributed by atoms with Crippen LogP contribution in [0.25, 0.3) is 0 Å². The van der Waals surface area contributed by atoms with Crippen LogP contribution in [0.2, 0.25) is 0 Å². The molecule has 0 amide bonds. The highest BCUT2D eigenvalue weighted by molar-refractivity contribution is 4.80. The molecule has 0 spiro atoms. The van der Waals surface area contributed by atoms with E-state index in [0.717, 1.165) is 23.7 Å². The Morgan fingerprint density at radius 3 is 2.36 bits per heavy atom. The molecule has 84 valence electrons. The van der Waals surface area contributed by atoms with E-state index < -0.39 is 0 Å². The van der Waals surface area contributed by atoms with Gasteiger partial charge >= 0.3 is 0 Å². The standard InChI is InChI=1S/C14H28/c1-5-7-13(6-2)14-9-8-11(3)10-12(14)4/h11-14H,5-10H2,1-4H3. The fourth-order valence-electron chi connectivity index (χ4n) is 3.48. The lowest BCUT2D eigenvalue weighted by Crippen LogP contribution is -2.27. The summed E-state index contributed by atoms with van der Waals surface area (Å²) in [6.07, 6.45) is 8.69. The first kappa shape index (κ1) is 12.1. The Bertz CT molecular complexity index is 150. The summed E-state index contributed by atoms with van der Waals surface area (Å²) in [5.41, 5.74) is 0. The van der Waals surface area contributed by atoms with Gasteiger partial charge in [-0.1, -0.05) is 53.4 Å². The van der Waals surface area contributed by atoms with E-state index in [-0.39, 0.29) is 0 Å². The monoisotopic (exact) mass is 196 g/mol. The Labute approximate surface area is 90.5 Å². The van der Waals surface area contributed by atoms with Gasteiger partial charge in [0.1, 0.15) is 0 Å². The SMILES string of the molecule is CCCC(CC)C1CCC(C)CC1C. The molecule has 0 aromatic rings. The van der Waals surface area contributed by atoms with Crippen molar-refractivity contribution in [3.8, 4) is 0 Å². The van der Waals surface area contributed by atoms with Gasteiger partial charge in [0.05, 0.1) is 0 Å². The van der Waals surface area contributed by atoms with Crippen molar-refractivity contribution in [1.29, 1.82) is 0 Å². The summed E-state index contributed by atoms with van der Waals surface area (Å²) < 4.78 is 0. The summed E-state index contributed by atoms with van der Waals surface area (Å²) in [7, 11) is 0. The lowest BCUT2D eigenvalue weighted by molar-refractivity contribution is 0.131. The molecule has 0 nitrogen and oxygen atoms in total. The second-order valence-electron chi connectivity index (χ2n) is 5.52. The first-order valence-corrected chi connectivity index (χ1v) is 6.69. The molecule has 0 heterocycles. The summed E-state index contributed by atoms with van der Waals surface area (Å²) in [6.45, 7) is 9.62. The molecule has 1 aliphatic rings. The summed E-state index contributed by atoms with van der Waals surface area (Å²) in [5.74, 6) is 4.02. The van der Waals surface area contributed by atoms with Crippen LogP contribution in [-0.2, 0) is 0 Å². The molecular weight excluding hydrogens is 168 g/mol. The number of hydrogen-bond acceptors (Lipinski definition) is 0. The van der Waals surface area contributed by atoms with Gasteiger partial charge in [-0.25, -0.2) is 0 Å². The highest BCUT2D eigenvalue weighted by atomic mass is 14.3. The Hall–Kier alpha value is 0. The van der Waals surface area contributed by atoms with Crippen molar-refractivity contribution in [2.75, 3.05) is 0 Å². The smallest absolute Gasteiger partial charge is 0.0360 e. The molecule has 0 aromatic carbocycles. The Balaban J connectivity index is 2.48. The molecule has 14 heavy (non-hydrogen) atoms. The van der Waals surface area contributed by atoms with E-state index in [0.29, 0.717) is 0 Å². The van der Waals surface area contributed by atoms with Crippen LogP contribution in [0.15, 0.2) is 0 Å². The fourth-order valence-corrected chi connectivity index (χ4v) is 3.48. The zero-order valence-corrected chi connectivity index (χ0v) is 10.6. The quantitative estimate of drug-likeness (QED) is 0.601. The second kappa shape index (κ2) is 5.78. The van der Waals surface area contributed by atoms with Gasteiger partial charge in [0.25, 0.3) is 0 Å². The average Bonchev–Trinajstić information content (AvgIpc) is 2.15. The molecule has 4 unspecified atom stereocenters. The third-order valence-electron chi connectivity index (χ3n) is 4.29. The maximum absolute atomic E-state index is 2.48. The largest absolute Gasteiger partial charge is 0.0654 e. The highest BCUT2D eigenvalue weighted by Gasteiger charge is 2.29. The number of rotatable bonds is 4. The predicted molar refractivity (Wildman–Crippen MR) is 64.4 cm³/mol. The van der Waals surface area contributed by atoms with Gasteiger partial charge in [-0.05, 0) is 36.5 Å². The van der Waals surface area contributed by atoms with Crippen molar-refractivity contribution in [3.63, 3.8) is 0 Å². The lowest BCUT2D eigenvalue weighted by atomic mass is 9.68. The normalized spacial score (nSPS) is 35.6. The van der Waals surface area contributed by atoms with E-state index in [1.54, 1.807) is 0 Å². The van der Waals surface area contributed by atoms with Gasteiger partial charge in [0.2, 0.25) is 0 Å². The third-order valence-corrected chi connectivity index (χ3v) is 4.29. The molecule has 0 bridgehead atoms. The minimum Gasteiger partial charge on any atom is -0.0654 e. The Kier molecular flexibility index (Phi) is 4.98. The average molecular weight is 196 g/mol. The summed E-state index contributed by atoms with van der Waals surface area (Å²) >= 11 is 0. The molecule has 0 aliphatic heterocycles. The molecule has 0 saturated heterocycles. The van der Waals surface area contributed by atoms with Crippen LogP contribution in [0, 0.1) is 23.7 Å². The van der Waals surface area contributed by atoms with Crippen molar-refractivity contribution in [3.05, 3.63) is 0 Å². The van der Waals surface area contributed by atoms with Crippen molar-refractivity contribution < 1.29 is 0 Å². The Morgan fingerprint density at radius 2 is 1.86 bits per heavy atom. The summed E-state index contributed by atoms with van der Waals surface area (Å²) in [6, 6.07) is 0. The molecule has 1 saturated carbocycles. The minimum atomic E-state index is 0.982. The van der Waals surface area contributed by atoms with E-state index in [4.69, 9.17) is 0 Å². The van der Waals surface area contributed by atoms with Crippen LogP contribution in [0.5, 0.6) is 0 Å². The van der Waals surface area contributed by atoms with Crippen LogP contribution in [0.4, 0.5) is 0 Å². The van der Waals surface area contributed by atoms with E-state index in [9.17, 15) is 0 Å². The maximum atomic E-state index is 2.48. The van der Waals surface area contributed by atoms with Crippen LogP contribution in [0.3, 0.4) is 0 Å². The lowest BCUT2D eigenvalue weighted by Gasteiger charge is -2.37. The van der Waals surface area contributed by atoms with Crippen LogP contribution >= 0.6 is 0 Å². The molecule has 0 aromatic heterocycles. The van der Waals surface area contributed by atoms with Crippen LogP contribution in [-0.4, -0.2) is 0 Å². The predicted octanol–water partition coefficient (Wildman–Crippen LogP) is 4.89. The van der Waals surface area contributed by atoms with Crippen LogP contribution in [0.1, 0.15) is 66.2 Å². The van der Waals surface area contributed by atoms with Crippen molar-refractivity contribution in [2.45, 2.75) is 66.2 Å². The highest BCUT2D eigenvalue weighted by Crippen LogP contribution is 2.40. The van der Waals surface area contributed by atoms with Crippen molar-refractivity contribution in [2.24, 2.45) is 23.7 Å². The first-order valence-electron chi connectivity index (χ1n) is 6.69. The molecule has 0 heteroatoms.